The maximum Gasteiger partial charge on any atom is 0.534 e. The first kappa shape index (κ1) is 16.3. The van der Waals surface area contributed by atoms with Crippen molar-refractivity contribution in [2.24, 2.45) is 0 Å². The standard InChI is InChI=1S/C13H11F3O5S/c1-20-12(17)9-6-5-8-3-2-4-11(10(8)7-9)21-22(18,19)13(14,15)16/h4-7H,2-3H2,1H3. The van der Waals surface area contributed by atoms with Gasteiger partial charge in [-0.15, -0.1) is 0 Å². The van der Waals surface area contributed by atoms with E-state index in [0.717, 1.165) is 7.11 Å². The maximum absolute atomic E-state index is 12.4. The summed E-state index contributed by atoms with van der Waals surface area (Å²) in [7, 11) is -4.61. The van der Waals surface area contributed by atoms with Gasteiger partial charge in [-0.25, -0.2) is 4.79 Å². The lowest BCUT2D eigenvalue weighted by Gasteiger charge is -2.19. The smallest absolute Gasteiger partial charge is 0.465 e. The van der Waals surface area contributed by atoms with Crippen LogP contribution < -0.4 is 0 Å². The second kappa shape index (κ2) is 5.64. The zero-order chi connectivity index (χ0) is 16.5. The van der Waals surface area contributed by atoms with E-state index in [1.807, 2.05) is 0 Å². The summed E-state index contributed by atoms with van der Waals surface area (Å²) in [6.45, 7) is 0. The lowest BCUT2D eigenvalue weighted by molar-refractivity contribution is -0.0509. The zero-order valence-corrected chi connectivity index (χ0v) is 12.1. The molecule has 1 aromatic carbocycles. The van der Waals surface area contributed by atoms with Crippen molar-refractivity contribution in [2.45, 2.75) is 18.3 Å². The number of allylic oxidation sites excluding steroid dienone is 1. The van der Waals surface area contributed by atoms with Crippen molar-refractivity contribution < 1.29 is 35.3 Å². The van der Waals surface area contributed by atoms with Crippen LogP contribution in [0.15, 0.2) is 24.3 Å². The number of hydrogen-bond donors (Lipinski definition) is 0. The molecule has 0 saturated heterocycles. The Morgan fingerprint density at radius 3 is 2.55 bits per heavy atom. The molecular weight excluding hydrogens is 325 g/mol. The molecule has 0 saturated carbocycles. The molecule has 0 unspecified atom stereocenters. The molecule has 2 rings (SSSR count). The van der Waals surface area contributed by atoms with Gasteiger partial charge in [-0.1, -0.05) is 6.07 Å². The van der Waals surface area contributed by atoms with Crippen LogP contribution in [-0.2, 0) is 25.5 Å². The minimum atomic E-state index is -5.76. The van der Waals surface area contributed by atoms with Gasteiger partial charge in [0.2, 0.25) is 0 Å². The van der Waals surface area contributed by atoms with Crippen molar-refractivity contribution in [1.29, 1.82) is 0 Å². The van der Waals surface area contributed by atoms with E-state index in [1.165, 1.54) is 24.3 Å². The molecule has 1 aliphatic rings. The van der Waals surface area contributed by atoms with E-state index >= 15 is 0 Å². The number of hydrogen-bond acceptors (Lipinski definition) is 5. The second-order valence-electron chi connectivity index (χ2n) is 4.45. The van der Waals surface area contributed by atoms with Gasteiger partial charge >= 0.3 is 21.6 Å². The Labute approximate surface area is 124 Å². The van der Waals surface area contributed by atoms with Crippen LogP contribution in [-0.4, -0.2) is 27.0 Å². The first-order chi connectivity index (χ1) is 10.2. The molecule has 0 radical (unpaired) electrons. The quantitative estimate of drug-likeness (QED) is 0.482. The van der Waals surface area contributed by atoms with Crippen molar-refractivity contribution in [3.05, 3.63) is 41.0 Å². The van der Waals surface area contributed by atoms with Gasteiger partial charge in [0.15, 0.2) is 0 Å². The highest BCUT2D eigenvalue weighted by molar-refractivity contribution is 7.87. The number of aryl methyl sites for hydroxylation is 1. The number of ether oxygens (including phenoxy) is 1. The second-order valence-corrected chi connectivity index (χ2v) is 5.99. The summed E-state index contributed by atoms with van der Waals surface area (Å²) >= 11 is 0. The lowest BCUT2D eigenvalue weighted by Crippen LogP contribution is -2.25. The zero-order valence-electron chi connectivity index (χ0n) is 11.3. The number of carbonyl (C=O) groups is 1. The van der Waals surface area contributed by atoms with Gasteiger partial charge in [-0.2, -0.15) is 21.6 Å². The number of alkyl halides is 3. The Bertz CT molecular complexity index is 735. The monoisotopic (exact) mass is 336 g/mol. The number of rotatable bonds is 3. The Hall–Kier alpha value is -2.03. The molecule has 0 amide bonds. The van der Waals surface area contributed by atoms with E-state index in [-0.39, 0.29) is 11.1 Å². The topological polar surface area (TPSA) is 69.7 Å². The summed E-state index contributed by atoms with van der Waals surface area (Å²) in [4.78, 5) is 11.5. The van der Waals surface area contributed by atoms with Crippen LogP contribution in [0.5, 0.6) is 0 Å². The lowest BCUT2D eigenvalue weighted by atomic mass is 9.94. The average molecular weight is 336 g/mol. The fraction of sp³-hybridized carbons (Fsp3) is 0.308. The van der Waals surface area contributed by atoms with Gasteiger partial charge in [0.1, 0.15) is 5.76 Å². The van der Waals surface area contributed by atoms with E-state index in [0.29, 0.717) is 18.4 Å². The predicted octanol–water partition coefficient (Wildman–Crippen LogP) is 2.63. The van der Waals surface area contributed by atoms with Gasteiger partial charge in [0.05, 0.1) is 12.7 Å². The van der Waals surface area contributed by atoms with Gasteiger partial charge < -0.3 is 8.92 Å². The Morgan fingerprint density at radius 1 is 1.27 bits per heavy atom. The number of esters is 1. The first-order valence-electron chi connectivity index (χ1n) is 6.08. The third kappa shape index (κ3) is 3.08. The molecule has 120 valence electrons. The highest BCUT2D eigenvalue weighted by atomic mass is 32.2. The number of benzene rings is 1. The van der Waals surface area contributed by atoms with Crippen LogP contribution in [0.3, 0.4) is 0 Å². The normalized spacial score (nSPS) is 14.8. The predicted molar refractivity (Wildman–Crippen MR) is 70.1 cm³/mol. The van der Waals surface area contributed by atoms with E-state index in [1.54, 1.807) is 0 Å². The summed E-state index contributed by atoms with van der Waals surface area (Å²) in [6, 6.07) is 4.22. The highest BCUT2D eigenvalue weighted by Crippen LogP contribution is 2.34. The first-order valence-corrected chi connectivity index (χ1v) is 7.49. The minimum absolute atomic E-state index is 0.0852. The SMILES string of the molecule is COC(=O)c1ccc2c(c1)C(OS(=O)(=O)C(F)(F)F)=CCC2. The molecule has 1 aromatic rings. The minimum Gasteiger partial charge on any atom is -0.465 e. The molecule has 0 atom stereocenters. The molecule has 0 fully saturated rings. The summed E-state index contributed by atoms with van der Waals surface area (Å²) in [5.41, 5.74) is -4.72. The van der Waals surface area contributed by atoms with Crippen LogP contribution in [0.25, 0.3) is 5.76 Å². The molecule has 0 N–H and O–H groups in total. The third-order valence-electron chi connectivity index (χ3n) is 3.02. The number of methoxy groups -OCH3 is 1. The molecule has 5 nitrogen and oxygen atoms in total. The van der Waals surface area contributed by atoms with E-state index in [9.17, 15) is 26.4 Å². The molecule has 0 aliphatic heterocycles. The molecule has 9 heteroatoms. The van der Waals surface area contributed by atoms with Gasteiger partial charge in [-0.05, 0) is 36.6 Å². The highest BCUT2D eigenvalue weighted by Gasteiger charge is 2.49. The fourth-order valence-electron chi connectivity index (χ4n) is 1.98. The van der Waals surface area contributed by atoms with Gasteiger partial charge in [0, 0.05) is 5.56 Å². The Morgan fingerprint density at radius 2 is 1.95 bits per heavy atom. The van der Waals surface area contributed by atoms with Crippen LogP contribution in [0, 0.1) is 0 Å². The molecule has 0 spiro atoms. The summed E-state index contributed by atoms with van der Waals surface area (Å²) in [5.74, 6) is -1.13. The van der Waals surface area contributed by atoms with E-state index in [2.05, 4.69) is 8.92 Å². The van der Waals surface area contributed by atoms with Crippen LogP contribution in [0.4, 0.5) is 13.2 Å². The van der Waals surface area contributed by atoms with Crippen molar-refractivity contribution in [3.63, 3.8) is 0 Å². The molecule has 0 aromatic heterocycles. The molecule has 22 heavy (non-hydrogen) atoms. The third-order valence-corrected chi connectivity index (χ3v) is 3.99. The molecule has 1 aliphatic carbocycles. The summed E-state index contributed by atoms with van der Waals surface area (Å²) in [6.07, 6.45) is 2.07. The average Bonchev–Trinajstić information content (AvgIpc) is 2.45. The Balaban J connectivity index is 2.42. The molecule has 0 bridgehead atoms. The number of fused-ring (bicyclic) bond motifs is 1. The largest absolute Gasteiger partial charge is 0.534 e. The van der Waals surface area contributed by atoms with E-state index in [4.69, 9.17) is 0 Å². The van der Waals surface area contributed by atoms with E-state index < -0.39 is 27.4 Å². The van der Waals surface area contributed by atoms with Crippen molar-refractivity contribution in [2.75, 3.05) is 7.11 Å². The molecular formula is C13H11F3O5S. The number of halogens is 3. The van der Waals surface area contributed by atoms with Crippen LogP contribution in [0.2, 0.25) is 0 Å². The summed E-state index contributed by atoms with van der Waals surface area (Å²) in [5, 5.41) is 0. The van der Waals surface area contributed by atoms with Crippen molar-refractivity contribution in [3.8, 4) is 0 Å². The van der Waals surface area contributed by atoms with Crippen LogP contribution >= 0.6 is 0 Å². The summed E-state index contributed by atoms with van der Waals surface area (Å²) < 4.78 is 68.2. The maximum atomic E-state index is 12.4. The van der Waals surface area contributed by atoms with Gasteiger partial charge in [-0.3, -0.25) is 0 Å². The number of carbonyl (C=O) groups excluding carboxylic acids is 1. The van der Waals surface area contributed by atoms with Gasteiger partial charge in [0.25, 0.3) is 0 Å². The molecule has 0 heterocycles. The fourth-order valence-corrected chi connectivity index (χ4v) is 2.47. The Kier molecular flexibility index (Phi) is 4.19. The van der Waals surface area contributed by atoms with Crippen LogP contribution in [0.1, 0.15) is 27.9 Å². The van der Waals surface area contributed by atoms with Crippen molar-refractivity contribution in [1.82, 2.24) is 0 Å². The van der Waals surface area contributed by atoms with Crippen molar-refractivity contribution >= 4 is 21.8 Å².